The number of rotatable bonds is 6. The molecular weight excluding hydrogens is 376 g/mol. The lowest BCUT2D eigenvalue weighted by atomic mass is 9.95. The van der Waals surface area contributed by atoms with Gasteiger partial charge in [-0.15, -0.1) is 0 Å². The third kappa shape index (κ3) is 4.13. The first-order valence-electron chi connectivity index (χ1n) is 10.8. The summed E-state index contributed by atoms with van der Waals surface area (Å²) in [6.07, 6.45) is 3.37. The maximum Gasteiger partial charge on any atom is 0.362 e. The Morgan fingerprint density at radius 2 is 1.83 bits per heavy atom. The second kappa shape index (κ2) is 8.78. The monoisotopic (exact) mass is 406 g/mol. The topological polar surface area (TPSA) is 63.1 Å². The van der Waals surface area contributed by atoms with E-state index in [9.17, 15) is 4.79 Å². The number of ether oxygens (including phenoxy) is 1. The van der Waals surface area contributed by atoms with Crippen LogP contribution in [0.3, 0.4) is 0 Å². The highest BCUT2D eigenvalue weighted by Gasteiger charge is 2.23. The van der Waals surface area contributed by atoms with Crippen molar-refractivity contribution in [3.8, 4) is 17.1 Å². The van der Waals surface area contributed by atoms with E-state index >= 15 is 0 Å². The van der Waals surface area contributed by atoms with Gasteiger partial charge in [0, 0.05) is 13.1 Å². The Morgan fingerprint density at radius 1 is 1.10 bits per heavy atom. The molecule has 6 heteroatoms. The van der Waals surface area contributed by atoms with Gasteiger partial charge in [0.05, 0.1) is 5.56 Å². The number of H-pyrrole nitrogens is 1. The third-order valence-electron chi connectivity index (χ3n) is 5.73. The normalized spacial score (nSPS) is 14.3. The lowest BCUT2D eigenvalue weighted by Gasteiger charge is -2.29. The van der Waals surface area contributed by atoms with Gasteiger partial charge in [-0.25, -0.2) is 9.89 Å². The SMILES string of the molecule is Cc1cc(OCc2ccccc2)c(-c2n[nH]c(=O)n2N2CCCCC2)cc1C(C)C. The van der Waals surface area contributed by atoms with E-state index in [0.717, 1.165) is 42.8 Å². The molecule has 2 aromatic carbocycles. The summed E-state index contributed by atoms with van der Waals surface area (Å²) >= 11 is 0. The molecule has 6 nitrogen and oxygen atoms in total. The average Bonchev–Trinajstić information content (AvgIpc) is 3.14. The molecule has 0 bridgehead atoms. The van der Waals surface area contributed by atoms with Gasteiger partial charge < -0.3 is 9.75 Å². The summed E-state index contributed by atoms with van der Waals surface area (Å²) in [7, 11) is 0. The molecule has 1 fully saturated rings. The summed E-state index contributed by atoms with van der Waals surface area (Å²) in [5.41, 5.74) is 4.16. The van der Waals surface area contributed by atoms with Crippen molar-refractivity contribution < 1.29 is 4.74 Å². The van der Waals surface area contributed by atoms with Crippen LogP contribution >= 0.6 is 0 Å². The molecule has 1 aliphatic rings. The first-order chi connectivity index (χ1) is 14.5. The van der Waals surface area contributed by atoms with Crippen molar-refractivity contribution in [3.63, 3.8) is 0 Å². The summed E-state index contributed by atoms with van der Waals surface area (Å²) in [5.74, 6) is 1.73. The molecule has 0 spiro atoms. The van der Waals surface area contributed by atoms with Gasteiger partial charge in [-0.1, -0.05) is 44.2 Å². The Labute approximate surface area is 177 Å². The molecule has 0 atom stereocenters. The molecule has 0 saturated carbocycles. The van der Waals surface area contributed by atoms with E-state index in [-0.39, 0.29) is 5.69 Å². The number of piperidine rings is 1. The molecule has 0 radical (unpaired) electrons. The van der Waals surface area contributed by atoms with E-state index in [1.165, 1.54) is 17.5 Å². The molecule has 158 valence electrons. The fraction of sp³-hybridized carbons (Fsp3) is 0.417. The maximum absolute atomic E-state index is 12.7. The number of aromatic amines is 1. The quantitative estimate of drug-likeness (QED) is 0.660. The number of hydrogen-bond acceptors (Lipinski definition) is 4. The van der Waals surface area contributed by atoms with Crippen molar-refractivity contribution in [2.75, 3.05) is 18.1 Å². The van der Waals surface area contributed by atoms with Crippen LogP contribution in [-0.2, 0) is 6.61 Å². The van der Waals surface area contributed by atoms with Gasteiger partial charge in [0.15, 0.2) is 5.82 Å². The fourth-order valence-corrected chi connectivity index (χ4v) is 4.16. The Balaban J connectivity index is 1.78. The van der Waals surface area contributed by atoms with Crippen molar-refractivity contribution in [1.82, 2.24) is 14.9 Å². The van der Waals surface area contributed by atoms with Crippen molar-refractivity contribution in [3.05, 3.63) is 69.6 Å². The Hall–Kier alpha value is -3.02. The number of nitrogens with zero attached hydrogens (tertiary/aromatic N) is 3. The molecule has 1 aromatic heterocycles. The van der Waals surface area contributed by atoms with Crippen molar-refractivity contribution >= 4 is 0 Å². The second-order valence-corrected chi connectivity index (χ2v) is 8.31. The van der Waals surface area contributed by atoms with Crippen LogP contribution in [0.25, 0.3) is 11.4 Å². The molecule has 3 aromatic rings. The van der Waals surface area contributed by atoms with Gasteiger partial charge in [0.2, 0.25) is 0 Å². The van der Waals surface area contributed by atoms with E-state index in [2.05, 4.69) is 48.1 Å². The largest absolute Gasteiger partial charge is 0.488 e. The lowest BCUT2D eigenvalue weighted by molar-refractivity contribution is 0.307. The van der Waals surface area contributed by atoms with Crippen LogP contribution in [0, 0.1) is 6.92 Å². The Bertz CT molecular complexity index is 1050. The number of nitrogens with one attached hydrogen (secondary N) is 1. The zero-order chi connectivity index (χ0) is 21.1. The van der Waals surface area contributed by atoms with Crippen LogP contribution < -0.4 is 15.4 Å². The lowest BCUT2D eigenvalue weighted by Crippen LogP contribution is -2.44. The molecule has 4 rings (SSSR count). The van der Waals surface area contributed by atoms with Crippen molar-refractivity contribution in [2.45, 2.75) is 52.6 Å². The first kappa shape index (κ1) is 20.3. The maximum atomic E-state index is 12.7. The zero-order valence-electron chi connectivity index (χ0n) is 18.0. The van der Waals surface area contributed by atoms with Crippen LogP contribution in [0.5, 0.6) is 5.75 Å². The smallest absolute Gasteiger partial charge is 0.362 e. The van der Waals surface area contributed by atoms with Gasteiger partial charge in [-0.2, -0.15) is 9.77 Å². The van der Waals surface area contributed by atoms with Crippen LogP contribution in [0.15, 0.2) is 47.3 Å². The van der Waals surface area contributed by atoms with Crippen molar-refractivity contribution in [1.29, 1.82) is 0 Å². The van der Waals surface area contributed by atoms with Crippen LogP contribution in [0.4, 0.5) is 0 Å². The van der Waals surface area contributed by atoms with E-state index in [1.807, 2.05) is 30.3 Å². The second-order valence-electron chi connectivity index (χ2n) is 8.31. The molecule has 2 heterocycles. The van der Waals surface area contributed by atoms with Crippen LogP contribution in [0.1, 0.15) is 55.7 Å². The molecular formula is C24H30N4O2. The molecule has 1 aliphatic heterocycles. The summed E-state index contributed by atoms with van der Waals surface area (Å²) in [6, 6.07) is 14.3. The molecule has 1 N–H and O–H groups in total. The van der Waals surface area contributed by atoms with Gasteiger partial charge in [-0.3, -0.25) is 0 Å². The summed E-state index contributed by atoms with van der Waals surface area (Å²) in [6.45, 7) is 8.65. The molecule has 1 saturated heterocycles. The highest BCUT2D eigenvalue weighted by atomic mass is 16.5. The highest BCUT2D eigenvalue weighted by molar-refractivity contribution is 5.67. The summed E-state index contributed by atoms with van der Waals surface area (Å²) < 4.78 is 7.95. The van der Waals surface area contributed by atoms with E-state index in [0.29, 0.717) is 18.3 Å². The minimum Gasteiger partial charge on any atom is -0.488 e. The predicted molar refractivity (Wildman–Crippen MR) is 120 cm³/mol. The molecule has 30 heavy (non-hydrogen) atoms. The average molecular weight is 407 g/mol. The number of hydrogen-bond donors (Lipinski definition) is 1. The van der Waals surface area contributed by atoms with Crippen LogP contribution in [0.2, 0.25) is 0 Å². The summed E-state index contributed by atoms with van der Waals surface area (Å²) in [4.78, 5) is 12.7. The van der Waals surface area contributed by atoms with Crippen LogP contribution in [-0.4, -0.2) is 28.0 Å². The van der Waals surface area contributed by atoms with E-state index in [4.69, 9.17) is 4.74 Å². The highest BCUT2D eigenvalue weighted by Crippen LogP contribution is 2.35. The fourth-order valence-electron chi connectivity index (χ4n) is 4.16. The first-order valence-corrected chi connectivity index (χ1v) is 10.8. The van der Waals surface area contributed by atoms with E-state index in [1.54, 1.807) is 4.68 Å². The summed E-state index contributed by atoms with van der Waals surface area (Å²) in [5, 5.41) is 9.17. The minimum absolute atomic E-state index is 0.201. The van der Waals surface area contributed by atoms with Gasteiger partial charge in [-0.05, 0) is 60.9 Å². The molecule has 0 amide bonds. The number of aromatic nitrogens is 3. The van der Waals surface area contributed by atoms with Gasteiger partial charge in [0.25, 0.3) is 0 Å². The number of aryl methyl sites for hydroxylation is 1. The minimum atomic E-state index is -0.201. The predicted octanol–water partition coefficient (Wildman–Crippen LogP) is 4.37. The standard InChI is InChI=1S/C24H30N4O2/c1-17(2)20-15-21(22(14-18(20)3)30-16-19-10-6-4-7-11-19)23-25-26-24(29)28(23)27-12-8-5-9-13-27/h4,6-7,10-11,14-15,17H,5,8-9,12-13,16H2,1-3H3,(H,26,29). The third-order valence-corrected chi connectivity index (χ3v) is 5.73. The van der Waals surface area contributed by atoms with Crippen molar-refractivity contribution in [2.24, 2.45) is 0 Å². The number of benzene rings is 2. The Kier molecular flexibility index (Phi) is 5.93. The molecule has 0 unspecified atom stereocenters. The molecule has 0 aliphatic carbocycles. The van der Waals surface area contributed by atoms with E-state index < -0.39 is 0 Å². The Morgan fingerprint density at radius 3 is 2.53 bits per heavy atom. The zero-order valence-corrected chi connectivity index (χ0v) is 18.0. The van der Waals surface area contributed by atoms with Gasteiger partial charge in [0.1, 0.15) is 12.4 Å². The van der Waals surface area contributed by atoms with Gasteiger partial charge >= 0.3 is 5.69 Å².